The minimum Gasteiger partial charge on any atom is -0.422 e. The summed E-state index contributed by atoms with van der Waals surface area (Å²) < 4.78 is 5.64. The highest BCUT2D eigenvalue weighted by molar-refractivity contribution is 5.84. The van der Waals surface area contributed by atoms with E-state index < -0.39 is 5.63 Å². The van der Waals surface area contributed by atoms with E-state index in [0.29, 0.717) is 22.8 Å². The van der Waals surface area contributed by atoms with Crippen molar-refractivity contribution in [1.82, 2.24) is 14.9 Å². The lowest BCUT2D eigenvalue weighted by Crippen LogP contribution is -2.44. The molecule has 0 spiro atoms. The molecule has 3 aromatic rings. The molecule has 3 heterocycles. The van der Waals surface area contributed by atoms with Crippen molar-refractivity contribution in [3.05, 3.63) is 52.5 Å². The number of hydrogen-bond acceptors (Lipinski definition) is 6. The molecule has 0 radical (unpaired) electrons. The Kier molecular flexibility index (Phi) is 5.31. The summed E-state index contributed by atoms with van der Waals surface area (Å²) in [5.74, 6) is 0.450. The van der Waals surface area contributed by atoms with Gasteiger partial charge in [0.25, 0.3) is 0 Å². The van der Waals surface area contributed by atoms with E-state index in [-0.39, 0.29) is 0 Å². The number of likely N-dealkylation sites (N-methyl/N-ethyl adjacent to an activating group) is 1. The van der Waals surface area contributed by atoms with Crippen molar-refractivity contribution in [2.75, 3.05) is 38.1 Å². The maximum Gasteiger partial charge on any atom is 0.345 e. The molecule has 0 saturated carbocycles. The lowest BCUT2D eigenvalue weighted by atomic mass is 10.1. The van der Waals surface area contributed by atoms with Crippen LogP contribution in [0.1, 0.15) is 13.8 Å². The van der Waals surface area contributed by atoms with Gasteiger partial charge in [0.2, 0.25) is 5.95 Å². The van der Waals surface area contributed by atoms with Gasteiger partial charge in [-0.25, -0.2) is 14.8 Å². The number of rotatable bonds is 4. The number of fused-ring (bicyclic) bond motifs is 1. The molecule has 150 valence electrons. The summed E-state index contributed by atoms with van der Waals surface area (Å²) in [5, 5.41) is 0.877. The van der Waals surface area contributed by atoms with E-state index in [1.807, 2.05) is 38.1 Å². The quantitative estimate of drug-likeness (QED) is 0.543. The van der Waals surface area contributed by atoms with Crippen LogP contribution in [0.5, 0.6) is 0 Å². The van der Waals surface area contributed by atoms with Gasteiger partial charge in [0.1, 0.15) is 5.58 Å². The monoisotopic (exact) mass is 391 g/mol. The van der Waals surface area contributed by atoms with Crippen LogP contribution >= 0.6 is 0 Å². The van der Waals surface area contributed by atoms with Crippen LogP contribution in [-0.4, -0.2) is 54.3 Å². The van der Waals surface area contributed by atoms with Crippen molar-refractivity contribution in [3.63, 3.8) is 0 Å². The van der Waals surface area contributed by atoms with E-state index in [2.05, 4.69) is 37.9 Å². The van der Waals surface area contributed by atoms with Gasteiger partial charge in [-0.15, -0.1) is 0 Å². The third-order valence-electron chi connectivity index (χ3n) is 5.29. The van der Waals surface area contributed by atoms with Gasteiger partial charge < -0.3 is 19.2 Å². The molecular weight excluding hydrogens is 366 g/mol. The van der Waals surface area contributed by atoms with Gasteiger partial charge in [0.05, 0.1) is 17.5 Å². The Morgan fingerprint density at radius 3 is 2.79 bits per heavy atom. The second-order valence-corrected chi connectivity index (χ2v) is 7.37. The molecule has 0 bridgehead atoms. The zero-order chi connectivity index (χ0) is 20.4. The number of aromatic amines is 1. The lowest BCUT2D eigenvalue weighted by Gasteiger charge is -2.34. The fraction of sp³-hybridized carbons (Fsp3) is 0.318. The zero-order valence-corrected chi connectivity index (χ0v) is 17.0. The maximum atomic E-state index is 12.6. The molecule has 7 heteroatoms. The van der Waals surface area contributed by atoms with Crippen molar-refractivity contribution in [1.29, 1.82) is 0 Å². The van der Waals surface area contributed by atoms with Gasteiger partial charge >= 0.3 is 5.63 Å². The number of nitrogens with one attached hydrogen (secondary N) is 1. The third-order valence-corrected chi connectivity index (χ3v) is 5.29. The first kappa shape index (κ1) is 19.1. The van der Waals surface area contributed by atoms with E-state index in [9.17, 15) is 4.79 Å². The highest BCUT2D eigenvalue weighted by Gasteiger charge is 2.16. The molecule has 0 unspecified atom stereocenters. The Morgan fingerprint density at radius 2 is 2.03 bits per heavy atom. The number of allylic oxidation sites excluding steroid dienone is 2. The highest BCUT2D eigenvalue weighted by atomic mass is 16.4. The van der Waals surface area contributed by atoms with Crippen molar-refractivity contribution in [2.24, 2.45) is 4.99 Å². The van der Waals surface area contributed by atoms with Crippen LogP contribution in [0.2, 0.25) is 0 Å². The van der Waals surface area contributed by atoms with Gasteiger partial charge in [-0.2, -0.15) is 0 Å². The number of anilines is 1. The number of benzene rings is 1. The second kappa shape index (κ2) is 8.05. The molecule has 0 amide bonds. The Bertz CT molecular complexity index is 1130. The number of imidazole rings is 1. The van der Waals surface area contributed by atoms with E-state index in [1.165, 1.54) is 0 Å². The van der Waals surface area contributed by atoms with Gasteiger partial charge in [0, 0.05) is 49.5 Å². The average Bonchev–Trinajstić information content (AvgIpc) is 3.20. The van der Waals surface area contributed by atoms with Crippen LogP contribution in [0, 0.1) is 0 Å². The largest absolute Gasteiger partial charge is 0.422 e. The van der Waals surface area contributed by atoms with Crippen LogP contribution in [0.4, 0.5) is 11.6 Å². The first-order chi connectivity index (χ1) is 14.0. The number of aromatic nitrogens is 2. The Hall–Kier alpha value is -3.19. The van der Waals surface area contributed by atoms with Gasteiger partial charge in [0.15, 0.2) is 0 Å². The number of nitrogens with zero attached hydrogens (tertiary/aromatic N) is 4. The van der Waals surface area contributed by atoms with Crippen molar-refractivity contribution < 1.29 is 4.42 Å². The SMILES string of the molecule is C/C=C(/C)C=Nc1ncc(-c2cc3ccc(N4CCN(C)CC4)cc3oc2=O)[nH]1. The summed E-state index contributed by atoms with van der Waals surface area (Å²) in [4.78, 5) is 28.8. The van der Waals surface area contributed by atoms with Crippen molar-refractivity contribution in [3.8, 4) is 11.3 Å². The Balaban J connectivity index is 1.63. The molecule has 0 aliphatic carbocycles. The first-order valence-electron chi connectivity index (χ1n) is 9.77. The summed E-state index contributed by atoms with van der Waals surface area (Å²) >= 11 is 0. The molecule has 1 aromatic carbocycles. The smallest absolute Gasteiger partial charge is 0.345 e. The lowest BCUT2D eigenvalue weighted by molar-refractivity contribution is 0.313. The number of piperazine rings is 1. The third kappa shape index (κ3) is 4.14. The van der Waals surface area contributed by atoms with Crippen LogP contribution in [0.15, 0.2) is 56.3 Å². The fourth-order valence-electron chi connectivity index (χ4n) is 3.30. The molecule has 0 atom stereocenters. The minimum absolute atomic E-state index is 0.392. The summed E-state index contributed by atoms with van der Waals surface area (Å²) in [6.45, 7) is 7.90. The summed E-state index contributed by atoms with van der Waals surface area (Å²) in [7, 11) is 2.13. The molecule has 1 N–H and O–H groups in total. The van der Waals surface area contributed by atoms with E-state index in [0.717, 1.165) is 42.8 Å². The predicted molar refractivity (Wildman–Crippen MR) is 117 cm³/mol. The Labute approximate surface area is 169 Å². The molecule has 1 saturated heterocycles. The van der Waals surface area contributed by atoms with Crippen molar-refractivity contribution >= 4 is 28.8 Å². The normalized spacial score (nSPS) is 16.2. The molecule has 7 nitrogen and oxygen atoms in total. The number of hydrogen-bond donors (Lipinski definition) is 1. The van der Waals surface area contributed by atoms with Gasteiger partial charge in [-0.1, -0.05) is 6.08 Å². The maximum absolute atomic E-state index is 12.6. The fourth-order valence-corrected chi connectivity index (χ4v) is 3.30. The minimum atomic E-state index is -0.392. The zero-order valence-electron chi connectivity index (χ0n) is 17.0. The first-order valence-corrected chi connectivity index (χ1v) is 9.77. The molecule has 1 aliphatic rings. The van der Waals surface area contributed by atoms with E-state index in [4.69, 9.17) is 4.42 Å². The van der Waals surface area contributed by atoms with Crippen LogP contribution in [-0.2, 0) is 0 Å². The summed E-state index contributed by atoms with van der Waals surface area (Å²) in [6.07, 6.45) is 5.29. The van der Waals surface area contributed by atoms with Gasteiger partial charge in [-0.05, 0) is 44.7 Å². The number of aliphatic imine (C=N–C) groups is 1. The van der Waals surface area contributed by atoms with Gasteiger partial charge in [-0.3, -0.25) is 0 Å². The Morgan fingerprint density at radius 1 is 1.24 bits per heavy atom. The standard InChI is InChI=1S/C22H25N5O2/c1-4-15(2)13-23-22-24-14-19(25-22)18-11-16-5-6-17(12-20(16)29-21(18)28)27-9-7-26(3)8-10-27/h4-6,11-14H,7-10H2,1-3H3,(H,24,25)/b15-4-,23-13?. The summed E-state index contributed by atoms with van der Waals surface area (Å²) in [5.41, 5.74) is 3.35. The molecular formula is C22H25N5O2. The second-order valence-electron chi connectivity index (χ2n) is 7.37. The topological polar surface area (TPSA) is 77.7 Å². The molecule has 1 aliphatic heterocycles. The predicted octanol–water partition coefficient (Wildman–Crippen LogP) is 3.60. The van der Waals surface area contributed by atoms with E-state index >= 15 is 0 Å². The van der Waals surface area contributed by atoms with Crippen LogP contribution in [0.3, 0.4) is 0 Å². The molecule has 2 aromatic heterocycles. The number of H-pyrrole nitrogens is 1. The highest BCUT2D eigenvalue weighted by Crippen LogP contribution is 2.26. The molecule has 29 heavy (non-hydrogen) atoms. The van der Waals surface area contributed by atoms with E-state index in [1.54, 1.807) is 12.4 Å². The summed E-state index contributed by atoms with van der Waals surface area (Å²) in [6, 6.07) is 7.88. The van der Waals surface area contributed by atoms with Crippen molar-refractivity contribution in [2.45, 2.75) is 13.8 Å². The molecule has 1 fully saturated rings. The average molecular weight is 391 g/mol. The van der Waals surface area contributed by atoms with Crippen LogP contribution < -0.4 is 10.5 Å². The van der Waals surface area contributed by atoms with Crippen LogP contribution in [0.25, 0.3) is 22.2 Å². The molecule has 4 rings (SSSR count).